The summed E-state index contributed by atoms with van der Waals surface area (Å²) in [7, 11) is 0. The molecule has 0 radical (unpaired) electrons. The second-order valence-corrected chi connectivity index (χ2v) is 8.30. The normalized spacial score (nSPS) is 20.4. The van der Waals surface area contributed by atoms with E-state index in [1.165, 1.54) is 11.0 Å². The molecule has 33 heavy (non-hydrogen) atoms. The molecule has 1 N–H and O–H groups in total. The number of nitrogens with zero attached hydrogens (tertiary/aromatic N) is 2. The quantitative estimate of drug-likeness (QED) is 0.495. The van der Waals surface area contributed by atoms with E-state index in [9.17, 15) is 35.9 Å². The predicted molar refractivity (Wildman–Crippen MR) is 106 cm³/mol. The highest BCUT2D eigenvalue weighted by Gasteiger charge is 2.60. The summed E-state index contributed by atoms with van der Waals surface area (Å²) in [5, 5.41) is 2.97. The highest BCUT2D eigenvalue weighted by Crippen LogP contribution is 2.36. The number of esters is 1. The number of carbonyl (C=O) groups excluding carboxylic acids is 2. The molecule has 13 heteroatoms. The van der Waals surface area contributed by atoms with E-state index in [2.05, 4.69) is 10.1 Å². The number of hydrogen-bond acceptors (Lipinski definition) is 5. The Morgan fingerprint density at radius 2 is 1.73 bits per heavy atom. The van der Waals surface area contributed by atoms with Gasteiger partial charge in [-0.25, -0.2) is 0 Å². The van der Waals surface area contributed by atoms with Crippen LogP contribution in [0.5, 0.6) is 0 Å². The Labute approximate surface area is 190 Å². The van der Waals surface area contributed by atoms with Crippen LogP contribution >= 0.6 is 11.6 Å². The van der Waals surface area contributed by atoms with E-state index < -0.39 is 30.5 Å². The van der Waals surface area contributed by atoms with Crippen molar-refractivity contribution in [1.82, 2.24) is 15.1 Å². The number of likely N-dealkylation sites (tertiary alicyclic amines) is 1. The largest absolute Gasteiger partial charge is 0.442 e. The molecule has 2 aliphatic heterocycles. The Morgan fingerprint density at radius 3 is 2.30 bits per heavy atom. The third kappa shape index (κ3) is 6.30. The van der Waals surface area contributed by atoms with Crippen molar-refractivity contribution in [3.05, 3.63) is 34.3 Å². The standard InChI is InChI=1S/C20H22ClF6N3O3/c21-14-9-12(16(31)29-6-1-2-7-29)3-4-13(14)11-30-8-5-28-10-15(30)17(32)33-18(19(22,23)24)20(25,26)27/h3-4,9,15,18,28H,1-2,5-8,10-11H2. The van der Waals surface area contributed by atoms with Crippen LogP contribution in [0.2, 0.25) is 5.02 Å². The van der Waals surface area contributed by atoms with Crippen LogP contribution in [0.3, 0.4) is 0 Å². The minimum absolute atomic E-state index is 0.0266. The Balaban J connectivity index is 1.72. The van der Waals surface area contributed by atoms with Crippen molar-refractivity contribution >= 4 is 23.5 Å². The number of hydrogen-bond donors (Lipinski definition) is 1. The lowest BCUT2D eigenvalue weighted by atomic mass is 10.1. The predicted octanol–water partition coefficient (Wildman–Crippen LogP) is 3.39. The summed E-state index contributed by atoms with van der Waals surface area (Å²) in [6.07, 6.45) is -14.0. The Kier molecular flexibility index (Phi) is 7.80. The van der Waals surface area contributed by atoms with Crippen molar-refractivity contribution in [3.63, 3.8) is 0 Å². The number of carbonyl (C=O) groups is 2. The lowest BCUT2D eigenvalue weighted by Gasteiger charge is -2.35. The van der Waals surface area contributed by atoms with Gasteiger partial charge in [-0.2, -0.15) is 26.3 Å². The van der Waals surface area contributed by atoms with Crippen molar-refractivity contribution in [2.45, 2.75) is 43.9 Å². The van der Waals surface area contributed by atoms with Gasteiger partial charge in [-0.3, -0.25) is 14.5 Å². The van der Waals surface area contributed by atoms with Gasteiger partial charge in [-0.15, -0.1) is 0 Å². The fourth-order valence-corrected chi connectivity index (χ4v) is 4.05. The summed E-state index contributed by atoms with van der Waals surface area (Å²) in [6.45, 7) is 1.60. The van der Waals surface area contributed by atoms with Crippen molar-refractivity contribution in [2.75, 3.05) is 32.7 Å². The SMILES string of the molecule is O=C(OC(C(F)(F)F)C(F)(F)F)C1CNCCN1Cc1ccc(C(=O)N2CCCC2)cc1Cl. The average Bonchev–Trinajstić information content (AvgIpc) is 3.26. The van der Waals surface area contributed by atoms with Crippen LogP contribution < -0.4 is 5.32 Å². The Hall–Kier alpha value is -2.05. The van der Waals surface area contributed by atoms with E-state index in [-0.39, 0.29) is 30.6 Å². The average molecular weight is 502 g/mol. The minimum Gasteiger partial charge on any atom is -0.442 e. The van der Waals surface area contributed by atoms with Gasteiger partial charge < -0.3 is 15.0 Å². The van der Waals surface area contributed by atoms with Crippen molar-refractivity contribution < 1.29 is 40.7 Å². The highest BCUT2D eigenvalue weighted by molar-refractivity contribution is 6.31. The van der Waals surface area contributed by atoms with Crippen molar-refractivity contribution in [1.29, 1.82) is 0 Å². The highest BCUT2D eigenvalue weighted by atomic mass is 35.5. The molecule has 1 aromatic carbocycles. The van der Waals surface area contributed by atoms with Crippen molar-refractivity contribution in [3.8, 4) is 0 Å². The molecule has 0 saturated carbocycles. The molecule has 1 aromatic rings. The zero-order chi connectivity index (χ0) is 24.4. The molecule has 1 unspecified atom stereocenters. The van der Waals surface area contributed by atoms with Gasteiger partial charge in [0.15, 0.2) is 0 Å². The van der Waals surface area contributed by atoms with Crippen LogP contribution in [0.1, 0.15) is 28.8 Å². The third-order valence-electron chi connectivity index (χ3n) is 5.52. The lowest BCUT2D eigenvalue weighted by molar-refractivity contribution is -0.314. The van der Waals surface area contributed by atoms with E-state index >= 15 is 0 Å². The third-order valence-corrected chi connectivity index (χ3v) is 5.87. The van der Waals surface area contributed by atoms with E-state index in [1.54, 1.807) is 17.0 Å². The molecule has 0 aliphatic carbocycles. The van der Waals surface area contributed by atoms with Crippen LogP contribution in [-0.2, 0) is 16.1 Å². The molecule has 2 aliphatic rings. The van der Waals surface area contributed by atoms with Gasteiger partial charge in [0.1, 0.15) is 6.04 Å². The van der Waals surface area contributed by atoms with Gasteiger partial charge in [0, 0.05) is 49.9 Å². The zero-order valence-corrected chi connectivity index (χ0v) is 18.1. The van der Waals surface area contributed by atoms with Gasteiger partial charge in [0.25, 0.3) is 12.0 Å². The lowest BCUT2D eigenvalue weighted by Crippen LogP contribution is -2.57. The van der Waals surface area contributed by atoms with Gasteiger partial charge in [-0.05, 0) is 30.5 Å². The van der Waals surface area contributed by atoms with E-state index in [1.807, 2.05) is 0 Å². The molecule has 0 spiro atoms. The summed E-state index contributed by atoms with van der Waals surface area (Å²) in [4.78, 5) is 27.9. The molecule has 184 valence electrons. The van der Waals surface area contributed by atoms with E-state index in [0.29, 0.717) is 30.8 Å². The number of benzene rings is 1. The first-order valence-corrected chi connectivity index (χ1v) is 10.6. The first-order valence-electron chi connectivity index (χ1n) is 10.2. The topological polar surface area (TPSA) is 61.9 Å². The number of nitrogens with one attached hydrogen (secondary N) is 1. The molecule has 6 nitrogen and oxygen atoms in total. The number of alkyl halides is 6. The summed E-state index contributed by atoms with van der Waals surface area (Å²) in [6, 6.07) is 3.20. The van der Waals surface area contributed by atoms with Crippen LogP contribution in [-0.4, -0.2) is 78.9 Å². The fourth-order valence-electron chi connectivity index (χ4n) is 3.81. The number of halogens is 7. The molecule has 2 saturated heterocycles. The minimum atomic E-state index is -5.79. The van der Waals surface area contributed by atoms with E-state index in [0.717, 1.165) is 12.8 Å². The Morgan fingerprint density at radius 1 is 1.09 bits per heavy atom. The number of amides is 1. The summed E-state index contributed by atoms with van der Waals surface area (Å²) in [5.74, 6) is -1.81. The number of ether oxygens (including phenoxy) is 1. The number of rotatable bonds is 5. The van der Waals surface area contributed by atoms with Crippen LogP contribution in [0.15, 0.2) is 18.2 Å². The summed E-state index contributed by atoms with van der Waals surface area (Å²) < 4.78 is 80.6. The van der Waals surface area contributed by atoms with Crippen molar-refractivity contribution in [2.24, 2.45) is 0 Å². The molecule has 2 heterocycles. The first-order chi connectivity index (χ1) is 15.4. The molecule has 1 amide bonds. The maximum Gasteiger partial charge on any atom is 0.434 e. The summed E-state index contributed by atoms with van der Waals surface area (Å²) >= 11 is 6.30. The molecule has 0 aromatic heterocycles. The monoisotopic (exact) mass is 501 g/mol. The fraction of sp³-hybridized carbons (Fsp3) is 0.600. The molecule has 2 fully saturated rings. The second kappa shape index (κ2) is 10.1. The molecular formula is C20H22ClF6N3O3. The molecule has 0 bridgehead atoms. The molecular weight excluding hydrogens is 480 g/mol. The van der Waals surface area contributed by atoms with Gasteiger partial charge in [-0.1, -0.05) is 17.7 Å². The maximum atomic E-state index is 12.8. The van der Waals surface area contributed by atoms with Crippen LogP contribution in [0, 0.1) is 0 Å². The van der Waals surface area contributed by atoms with E-state index in [4.69, 9.17) is 11.6 Å². The van der Waals surface area contributed by atoms with Gasteiger partial charge in [0.2, 0.25) is 0 Å². The molecule has 3 rings (SSSR count). The molecule has 1 atom stereocenters. The van der Waals surface area contributed by atoms with Crippen LogP contribution in [0.4, 0.5) is 26.3 Å². The first kappa shape index (κ1) is 25.6. The Bertz CT molecular complexity index is 860. The number of piperazine rings is 1. The zero-order valence-electron chi connectivity index (χ0n) is 17.3. The summed E-state index contributed by atoms with van der Waals surface area (Å²) in [5.41, 5.74) is 0.845. The second-order valence-electron chi connectivity index (χ2n) is 7.90. The maximum absolute atomic E-state index is 12.8. The smallest absolute Gasteiger partial charge is 0.434 e. The van der Waals surface area contributed by atoms with Gasteiger partial charge >= 0.3 is 18.3 Å². The van der Waals surface area contributed by atoms with Gasteiger partial charge in [0.05, 0.1) is 0 Å². The van der Waals surface area contributed by atoms with Crippen LogP contribution in [0.25, 0.3) is 0 Å².